The van der Waals surface area contributed by atoms with Crippen molar-refractivity contribution < 1.29 is 0 Å². The Labute approximate surface area is 95.5 Å². The van der Waals surface area contributed by atoms with Gasteiger partial charge in [-0.15, -0.1) is 0 Å². The summed E-state index contributed by atoms with van der Waals surface area (Å²) in [6.45, 7) is 0. The van der Waals surface area contributed by atoms with Gasteiger partial charge in [0.05, 0.1) is 11.4 Å². The zero-order valence-electron chi connectivity index (χ0n) is 9.22. The first-order valence-corrected chi connectivity index (χ1v) is 5.49. The lowest BCUT2D eigenvalue weighted by molar-refractivity contribution is 0.792. The number of nitrogens with one attached hydrogen (secondary N) is 1. The summed E-state index contributed by atoms with van der Waals surface area (Å²) in [5, 5.41) is 3.53. The van der Waals surface area contributed by atoms with Crippen LogP contribution in [0.25, 0.3) is 0 Å². The molecule has 2 aromatic carbocycles. The second-order valence-electron chi connectivity index (χ2n) is 4.09. The molecule has 1 atom stereocenters. The molecule has 1 unspecified atom stereocenters. The van der Waals surface area contributed by atoms with E-state index in [1.165, 1.54) is 16.9 Å². The molecule has 1 N–H and O–H groups in total. The van der Waals surface area contributed by atoms with E-state index < -0.39 is 0 Å². The van der Waals surface area contributed by atoms with Crippen molar-refractivity contribution in [2.45, 2.75) is 6.17 Å². The van der Waals surface area contributed by atoms with E-state index in [1.807, 2.05) is 6.07 Å². The second kappa shape index (κ2) is 3.56. The molecule has 1 heterocycles. The van der Waals surface area contributed by atoms with Gasteiger partial charge in [0.15, 0.2) is 0 Å². The molecule has 2 nitrogen and oxygen atoms in total. The van der Waals surface area contributed by atoms with E-state index in [1.54, 1.807) is 0 Å². The maximum absolute atomic E-state index is 3.53. The molecule has 1 aliphatic rings. The van der Waals surface area contributed by atoms with E-state index in [0.717, 1.165) is 0 Å². The van der Waals surface area contributed by atoms with Gasteiger partial charge < -0.3 is 10.2 Å². The van der Waals surface area contributed by atoms with Crippen molar-refractivity contribution in [3.63, 3.8) is 0 Å². The third-order valence-electron chi connectivity index (χ3n) is 3.08. The Kier molecular flexibility index (Phi) is 2.07. The summed E-state index contributed by atoms with van der Waals surface area (Å²) in [6.07, 6.45) is 0.249. The third kappa shape index (κ3) is 1.34. The maximum atomic E-state index is 3.53. The van der Waals surface area contributed by atoms with Crippen LogP contribution in [0.3, 0.4) is 0 Å². The highest BCUT2D eigenvalue weighted by atomic mass is 15.3. The van der Waals surface area contributed by atoms with Crippen LogP contribution in [-0.4, -0.2) is 7.05 Å². The Bertz CT molecular complexity index is 493. The van der Waals surface area contributed by atoms with Crippen molar-refractivity contribution in [1.82, 2.24) is 0 Å². The molecule has 1 aliphatic heterocycles. The average Bonchev–Trinajstić information content (AvgIpc) is 2.69. The SMILES string of the molecule is CN1c2ccccc2NC1c1ccccc1. The van der Waals surface area contributed by atoms with Gasteiger partial charge in [0.2, 0.25) is 0 Å². The minimum Gasteiger partial charge on any atom is -0.360 e. The van der Waals surface area contributed by atoms with Gasteiger partial charge in [-0.2, -0.15) is 0 Å². The van der Waals surface area contributed by atoms with Crippen LogP contribution in [0.1, 0.15) is 11.7 Å². The molecule has 3 rings (SSSR count). The van der Waals surface area contributed by atoms with Crippen molar-refractivity contribution in [2.75, 3.05) is 17.3 Å². The average molecular weight is 210 g/mol. The summed E-state index contributed by atoms with van der Waals surface area (Å²) in [5.41, 5.74) is 3.76. The molecular formula is C14H14N2. The van der Waals surface area contributed by atoms with Gasteiger partial charge in [-0.3, -0.25) is 0 Å². The van der Waals surface area contributed by atoms with Gasteiger partial charge in [-0.05, 0) is 17.7 Å². The van der Waals surface area contributed by atoms with Gasteiger partial charge >= 0.3 is 0 Å². The lowest BCUT2D eigenvalue weighted by Crippen LogP contribution is -2.23. The minimum atomic E-state index is 0.249. The van der Waals surface area contributed by atoms with E-state index in [9.17, 15) is 0 Å². The van der Waals surface area contributed by atoms with Crippen LogP contribution < -0.4 is 10.2 Å². The maximum Gasteiger partial charge on any atom is 0.125 e. The van der Waals surface area contributed by atoms with Gasteiger partial charge in [0.1, 0.15) is 6.17 Å². The topological polar surface area (TPSA) is 15.3 Å². The van der Waals surface area contributed by atoms with Gasteiger partial charge in [0.25, 0.3) is 0 Å². The van der Waals surface area contributed by atoms with Crippen molar-refractivity contribution in [1.29, 1.82) is 0 Å². The lowest BCUT2D eigenvalue weighted by atomic mass is 10.1. The van der Waals surface area contributed by atoms with Crippen LogP contribution in [0.15, 0.2) is 54.6 Å². The Hall–Kier alpha value is -1.96. The van der Waals surface area contributed by atoms with Crippen molar-refractivity contribution in [3.05, 3.63) is 60.2 Å². The fourth-order valence-corrected chi connectivity index (χ4v) is 2.23. The predicted molar refractivity (Wildman–Crippen MR) is 67.7 cm³/mol. The second-order valence-corrected chi connectivity index (χ2v) is 4.09. The number of benzene rings is 2. The molecule has 0 saturated heterocycles. The number of para-hydroxylation sites is 2. The molecule has 0 fully saturated rings. The van der Waals surface area contributed by atoms with Gasteiger partial charge in [-0.25, -0.2) is 0 Å². The summed E-state index contributed by atoms with van der Waals surface area (Å²) in [4.78, 5) is 2.27. The molecule has 0 radical (unpaired) electrons. The standard InChI is InChI=1S/C14H14N2/c1-16-13-10-6-5-9-12(13)15-14(16)11-7-3-2-4-8-11/h2-10,14-15H,1H3. The highest BCUT2D eigenvalue weighted by Crippen LogP contribution is 2.39. The molecule has 0 aliphatic carbocycles. The Balaban J connectivity index is 1.99. The van der Waals surface area contributed by atoms with Crippen LogP contribution in [0.4, 0.5) is 11.4 Å². The van der Waals surface area contributed by atoms with E-state index in [4.69, 9.17) is 0 Å². The summed E-state index contributed by atoms with van der Waals surface area (Å²) in [7, 11) is 2.12. The van der Waals surface area contributed by atoms with Gasteiger partial charge in [-0.1, -0.05) is 42.5 Å². The highest BCUT2D eigenvalue weighted by Gasteiger charge is 2.25. The smallest absolute Gasteiger partial charge is 0.125 e. The summed E-state index contributed by atoms with van der Waals surface area (Å²) in [5.74, 6) is 0. The zero-order chi connectivity index (χ0) is 11.0. The quantitative estimate of drug-likeness (QED) is 0.777. The van der Waals surface area contributed by atoms with Crippen molar-refractivity contribution in [3.8, 4) is 0 Å². The van der Waals surface area contributed by atoms with Crippen LogP contribution in [0.2, 0.25) is 0 Å². The molecule has 2 aromatic rings. The molecule has 0 saturated carbocycles. The van der Waals surface area contributed by atoms with Crippen LogP contribution in [-0.2, 0) is 0 Å². The monoisotopic (exact) mass is 210 g/mol. The van der Waals surface area contributed by atoms with Crippen molar-refractivity contribution >= 4 is 11.4 Å². The van der Waals surface area contributed by atoms with E-state index in [-0.39, 0.29) is 6.17 Å². The Morgan fingerprint density at radius 2 is 1.62 bits per heavy atom. The fourth-order valence-electron chi connectivity index (χ4n) is 2.23. The summed E-state index contributed by atoms with van der Waals surface area (Å²) < 4.78 is 0. The molecule has 0 spiro atoms. The molecule has 16 heavy (non-hydrogen) atoms. The lowest BCUT2D eigenvalue weighted by Gasteiger charge is -2.22. The number of hydrogen-bond acceptors (Lipinski definition) is 2. The first kappa shape index (κ1) is 9.28. The predicted octanol–water partition coefficient (Wildman–Crippen LogP) is 3.25. The number of anilines is 2. The zero-order valence-corrected chi connectivity index (χ0v) is 9.22. The minimum absolute atomic E-state index is 0.249. The molecular weight excluding hydrogens is 196 g/mol. The fraction of sp³-hybridized carbons (Fsp3) is 0.143. The Morgan fingerprint density at radius 3 is 2.38 bits per heavy atom. The van der Waals surface area contributed by atoms with E-state index in [2.05, 4.69) is 65.8 Å². The van der Waals surface area contributed by atoms with Gasteiger partial charge in [0, 0.05) is 7.05 Å². The first-order valence-electron chi connectivity index (χ1n) is 5.49. The molecule has 0 aromatic heterocycles. The summed E-state index contributed by atoms with van der Waals surface area (Å²) >= 11 is 0. The number of nitrogens with zero attached hydrogens (tertiary/aromatic N) is 1. The number of fused-ring (bicyclic) bond motifs is 1. The largest absolute Gasteiger partial charge is 0.360 e. The van der Waals surface area contributed by atoms with Crippen LogP contribution in [0.5, 0.6) is 0 Å². The van der Waals surface area contributed by atoms with E-state index >= 15 is 0 Å². The molecule has 0 amide bonds. The number of rotatable bonds is 1. The molecule has 2 heteroatoms. The third-order valence-corrected chi connectivity index (χ3v) is 3.08. The normalized spacial score (nSPS) is 18.1. The Morgan fingerprint density at radius 1 is 0.938 bits per heavy atom. The first-order chi connectivity index (χ1) is 7.86. The summed E-state index contributed by atoms with van der Waals surface area (Å²) in [6, 6.07) is 18.9. The van der Waals surface area contributed by atoms with Crippen LogP contribution in [0, 0.1) is 0 Å². The van der Waals surface area contributed by atoms with Crippen molar-refractivity contribution in [2.24, 2.45) is 0 Å². The highest BCUT2D eigenvalue weighted by molar-refractivity contribution is 5.76. The molecule has 0 bridgehead atoms. The molecule has 80 valence electrons. The number of hydrogen-bond donors (Lipinski definition) is 1. The van der Waals surface area contributed by atoms with Crippen LogP contribution >= 0.6 is 0 Å². The van der Waals surface area contributed by atoms with E-state index in [0.29, 0.717) is 0 Å².